The van der Waals surface area contributed by atoms with Gasteiger partial charge in [-0.25, -0.2) is 4.39 Å². The molecule has 1 aliphatic carbocycles. The molecular formula is C25H34FN5O4. The van der Waals surface area contributed by atoms with E-state index in [4.69, 9.17) is 30.2 Å². The Kier molecular flexibility index (Phi) is 8.52. The fraction of sp³-hybridized carbons (Fsp3) is 0.520. The lowest BCUT2D eigenvalue weighted by Gasteiger charge is -2.43. The number of hydrazone groups is 1. The smallest absolute Gasteiger partial charge is 0.141 e. The predicted octanol–water partition coefficient (Wildman–Crippen LogP) is 2.07. The summed E-state index contributed by atoms with van der Waals surface area (Å²) >= 11 is 0. The van der Waals surface area contributed by atoms with E-state index in [1.165, 1.54) is 5.56 Å². The summed E-state index contributed by atoms with van der Waals surface area (Å²) in [6, 6.07) is 5.91. The summed E-state index contributed by atoms with van der Waals surface area (Å²) in [6.07, 6.45) is 5.57. The van der Waals surface area contributed by atoms with Gasteiger partial charge >= 0.3 is 0 Å². The second kappa shape index (κ2) is 11.2. The molecule has 1 atom stereocenters. The molecular weight excluding hydrogens is 453 g/mol. The molecule has 2 bridgehead atoms. The lowest BCUT2D eigenvalue weighted by Crippen LogP contribution is -2.52. The zero-order valence-electron chi connectivity index (χ0n) is 20.5. The number of nitrogens with zero attached hydrogens (tertiary/aromatic N) is 4. The van der Waals surface area contributed by atoms with Crippen LogP contribution in [0.4, 0.5) is 4.39 Å². The van der Waals surface area contributed by atoms with Gasteiger partial charge in [-0.3, -0.25) is 14.9 Å². The number of aliphatic imine (C=N–C) groups is 1. The summed E-state index contributed by atoms with van der Waals surface area (Å²) in [5, 5.41) is 12.0. The molecule has 6 rings (SSSR count). The lowest BCUT2D eigenvalue weighted by molar-refractivity contribution is -0.0980. The van der Waals surface area contributed by atoms with Crippen LogP contribution in [0.5, 0.6) is 5.75 Å². The van der Waals surface area contributed by atoms with E-state index < -0.39 is 0 Å². The fourth-order valence-electron chi connectivity index (χ4n) is 5.32. The van der Waals surface area contributed by atoms with Gasteiger partial charge in [0, 0.05) is 31.5 Å². The van der Waals surface area contributed by atoms with Crippen molar-refractivity contribution in [2.24, 2.45) is 15.9 Å². The van der Waals surface area contributed by atoms with Gasteiger partial charge in [0.1, 0.15) is 31.0 Å². The van der Waals surface area contributed by atoms with Crippen molar-refractivity contribution < 1.29 is 23.8 Å². The average molecular weight is 488 g/mol. The van der Waals surface area contributed by atoms with Gasteiger partial charge in [-0.2, -0.15) is 5.10 Å². The number of carbonyl (C=O) groups is 1. The summed E-state index contributed by atoms with van der Waals surface area (Å²) in [4.78, 5) is 19.4. The van der Waals surface area contributed by atoms with E-state index in [1.807, 2.05) is 45.2 Å². The number of benzene rings is 1. The van der Waals surface area contributed by atoms with Crippen LogP contribution in [0.1, 0.15) is 30.9 Å². The largest absolute Gasteiger partial charge is 0.484 e. The van der Waals surface area contributed by atoms with Crippen molar-refractivity contribution in [1.82, 2.24) is 9.88 Å². The van der Waals surface area contributed by atoms with Crippen LogP contribution < -0.4 is 10.6 Å². The van der Waals surface area contributed by atoms with Crippen LogP contribution in [0.3, 0.4) is 0 Å². The van der Waals surface area contributed by atoms with Crippen molar-refractivity contribution in [2.75, 3.05) is 34.0 Å². The van der Waals surface area contributed by atoms with E-state index in [1.54, 1.807) is 6.21 Å². The number of aliphatic hydroxyl groups is 1. The van der Waals surface area contributed by atoms with Gasteiger partial charge < -0.3 is 25.2 Å². The number of halogens is 1. The van der Waals surface area contributed by atoms with E-state index in [0.29, 0.717) is 18.9 Å². The summed E-state index contributed by atoms with van der Waals surface area (Å²) in [5.41, 5.74) is 3.35. The van der Waals surface area contributed by atoms with Crippen molar-refractivity contribution in [1.29, 1.82) is 0 Å². The quantitative estimate of drug-likeness (QED) is 0.363. The van der Waals surface area contributed by atoms with Crippen LogP contribution >= 0.6 is 0 Å². The van der Waals surface area contributed by atoms with Gasteiger partial charge in [-0.05, 0) is 62.6 Å². The van der Waals surface area contributed by atoms with Crippen molar-refractivity contribution in [3.63, 3.8) is 0 Å². The second-order valence-electron chi connectivity index (χ2n) is 9.11. The van der Waals surface area contributed by atoms with Gasteiger partial charge in [-0.1, -0.05) is 0 Å². The summed E-state index contributed by atoms with van der Waals surface area (Å²) < 4.78 is 25.1. The maximum Gasteiger partial charge on any atom is 0.141 e. The Morgan fingerprint density at radius 3 is 2.83 bits per heavy atom. The molecule has 2 aromatic rings. The van der Waals surface area contributed by atoms with Crippen molar-refractivity contribution in [2.45, 2.75) is 50.0 Å². The van der Waals surface area contributed by atoms with E-state index in [0.717, 1.165) is 55.1 Å². The number of aliphatic hydroxyl groups excluding tert-OH is 1. The summed E-state index contributed by atoms with van der Waals surface area (Å²) in [7, 11) is 2.97. The van der Waals surface area contributed by atoms with Crippen molar-refractivity contribution >= 4 is 29.6 Å². The molecule has 3 fully saturated rings. The maximum atomic E-state index is 13.4. The lowest BCUT2D eigenvalue weighted by atomic mass is 9.68. The predicted molar refractivity (Wildman–Crippen MR) is 134 cm³/mol. The van der Waals surface area contributed by atoms with Crippen molar-refractivity contribution in [3.05, 3.63) is 35.5 Å². The summed E-state index contributed by atoms with van der Waals surface area (Å²) in [5.74, 6) is 6.38. The Labute approximate surface area is 204 Å². The molecule has 2 saturated heterocycles. The molecule has 1 unspecified atom stereocenters. The van der Waals surface area contributed by atoms with Gasteiger partial charge in [0.2, 0.25) is 0 Å². The molecule has 190 valence electrons. The van der Waals surface area contributed by atoms with Crippen molar-refractivity contribution in [3.8, 4) is 5.75 Å². The number of rotatable bonds is 6. The maximum absolute atomic E-state index is 13.4. The molecule has 4 aliphatic rings. The third-order valence-corrected chi connectivity index (χ3v) is 7.05. The number of ether oxygens (including phenoxy) is 2. The number of pyridine rings is 1. The van der Waals surface area contributed by atoms with E-state index >= 15 is 0 Å². The topological polar surface area (TPSA) is 123 Å². The molecule has 3 N–H and O–H groups in total. The van der Waals surface area contributed by atoms with Crippen LogP contribution in [-0.2, 0) is 22.6 Å². The number of aromatic nitrogens is 1. The Bertz CT molecular complexity index is 1090. The number of alkyl halides is 1. The minimum atomic E-state index is -0.372. The molecule has 1 aromatic carbocycles. The monoisotopic (exact) mass is 487 g/mol. The Balaban J connectivity index is 0.000000815. The Hall–Kier alpha value is -2.95. The molecule has 1 saturated carbocycles. The highest BCUT2D eigenvalue weighted by Gasteiger charge is 2.64. The van der Waals surface area contributed by atoms with Crippen LogP contribution in [0.15, 0.2) is 34.5 Å². The zero-order chi connectivity index (χ0) is 25.6. The average Bonchev–Trinajstić information content (AvgIpc) is 3.33. The van der Waals surface area contributed by atoms with Crippen LogP contribution in [0.2, 0.25) is 0 Å². The van der Waals surface area contributed by atoms with Crippen LogP contribution in [0.25, 0.3) is 10.9 Å². The molecule has 3 aliphatic heterocycles. The minimum absolute atomic E-state index is 0.230. The first-order chi connectivity index (χ1) is 17.0. The molecule has 10 heteroatoms. The Morgan fingerprint density at radius 1 is 1.43 bits per heavy atom. The molecule has 4 heterocycles. The molecule has 0 amide bonds. The second-order valence-corrected chi connectivity index (χ2v) is 9.11. The minimum Gasteiger partial charge on any atom is -0.484 e. The highest BCUT2D eigenvalue weighted by Crippen LogP contribution is 2.55. The van der Waals surface area contributed by atoms with E-state index in [2.05, 4.69) is 15.0 Å². The van der Waals surface area contributed by atoms with E-state index in [-0.39, 0.29) is 23.9 Å². The number of fused-ring (bicyclic) bond motifs is 4. The Morgan fingerprint density at radius 2 is 2.17 bits per heavy atom. The third-order valence-electron chi connectivity index (χ3n) is 7.05. The zero-order valence-corrected chi connectivity index (χ0v) is 20.5. The van der Waals surface area contributed by atoms with Gasteiger partial charge in [-0.15, -0.1) is 0 Å². The molecule has 0 spiro atoms. The van der Waals surface area contributed by atoms with E-state index in [9.17, 15) is 4.39 Å². The molecule has 35 heavy (non-hydrogen) atoms. The third kappa shape index (κ3) is 5.05. The van der Waals surface area contributed by atoms with Crippen LogP contribution in [-0.4, -0.2) is 84.9 Å². The first kappa shape index (κ1) is 26.7. The highest BCUT2D eigenvalue weighted by atomic mass is 19.1. The normalized spacial score (nSPS) is 26.1. The van der Waals surface area contributed by atoms with Gasteiger partial charge in [0.05, 0.1) is 29.8 Å². The fourth-order valence-corrected chi connectivity index (χ4v) is 5.32. The standard InChI is InChI=1S/C23H28FN5O2.CH4O.CH2O/c1-15(21(28-25)9-27-22-11-23(12-22,13-24)29(2)14-22)31-17-3-4-20-19(7-17)18-5-6-30-10-16(18)8-26-20;2*1-2/h3-4,7-9,15H,5-6,10-14,25H2,1-2H3;2H,1H3;1H2/b27-9?,28-21+;;. The van der Waals surface area contributed by atoms with Gasteiger partial charge in [0.15, 0.2) is 0 Å². The first-order valence-corrected chi connectivity index (χ1v) is 11.5. The first-order valence-electron chi connectivity index (χ1n) is 11.5. The highest BCUT2D eigenvalue weighted by molar-refractivity contribution is 6.32. The van der Waals surface area contributed by atoms with Crippen LogP contribution in [0, 0.1) is 0 Å². The number of likely N-dealkylation sites (N-methyl/N-ethyl adjacent to an activating group) is 1. The molecule has 1 aromatic heterocycles. The van der Waals surface area contributed by atoms with Gasteiger partial charge in [0.25, 0.3) is 0 Å². The number of carbonyl (C=O) groups excluding carboxylic acids is 1. The number of hydrogen-bond donors (Lipinski definition) is 2. The molecule has 9 nitrogen and oxygen atoms in total. The number of nitrogens with two attached hydrogens (primary N) is 1. The SMILES string of the molecule is C=O.CC(Oc1ccc2ncc3c(c2c1)CCOC3)/C(C=NC12CN(C)C(CF)(C1)C2)=N/N.CO. The number of hydrogen-bond acceptors (Lipinski definition) is 9. The molecule has 0 radical (unpaired) electrons. The summed E-state index contributed by atoms with van der Waals surface area (Å²) in [6.45, 7) is 5.65.